The minimum atomic E-state index is 0.210. The van der Waals surface area contributed by atoms with E-state index in [4.69, 9.17) is 0 Å². The Bertz CT molecular complexity index is 899. The Balaban J connectivity index is 1.63. The van der Waals surface area contributed by atoms with Gasteiger partial charge >= 0.3 is 0 Å². The van der Waals surface area contributed by atoms with Crippen LogP contribution in [-0.4, -0.2) is 39.6 Å². The van der Waals surface area contributed by atoms with Gasteiger partial charge in [-0.2, -0.15) is 0 Å². The third-order valence-electron chi connectivity index (χ3n) is 4.49. The molecule has 0 radical (unpaired) electrons. The summed E-state index contributed by atoms with van der Waals surface area (Å²) in [6.07, 6.45) is 3.84. The van der Waals surface area contributed by atoms with Crippen LogP contribution in [-0.2, 0) is 4.79 Å². The van der Waals surface area contributed by atoms with Crippen molar-refractivity contribution in [3.05, 3.63) is 41.5 Å². The van der Waals surface area contributed by atoms with Crippen molar-refractivity contribution in [1.29, 1.82) is 0 Å². The van der Waals surface area contributed by atoms with Crippen LogP contribution in [0.1, 0.15) is 18.4 Å². The van der Waals surface area contributed by atoms with E-state index in [2.05, 4.69) is 46.5 Å². The number of rotatable bonds is 4. The summed E-state index contributed by atoms with van der Waals surface area (Å²) in [5.41, 5.74) is 3.56. The molecule has 0 bridgehead atoms. The van der Waals surface area contributed by atoms with Crippen molar-refractivity contribution in [3.63, 3.8) is 0 Å². The SMILES string of the molecule is Cc1ccc(-c2csc3ncnc(SCC(=O)N4CCCC4)c23)cc1. The lowest BCUT2D eigenvalue weighted by Crippen LogP contribution is -2.29. The quantitative estimate of drug-likeness (QED) is 0.506. The van der Waals surface area contributed by atoms with Crippen LogP contribution in [0.5, 0.6) is 0 Å². The normalized spacial score (nSPS) is 14.4. The minimum Gasteiger partial charge on any atom is -0.342 e. The first-order valence-electron chi connectivity index (χ1n) is 8.42. The van der Waals surface area contributed by atoms with E-state index in [1.54, 1.807) is 17.7 Å². The van der Waals surface area contributed by atoms with Gasteiger partial charge in [-0.15, -0.1) is 11.3 Å². The molecule has 6 heteroatoms. The van der Waals surface area contributed by atoms with Crippen LogP contribution >= 0.6 is 23.1 Å². The highest BCUT2D eigenvalue weighted by molar-refractivity contribution is 8.00. The smallest absolute Gasteiger partial charge is 0.232 e. The second-order valence-corrected chi connectivity index (χ2v) is 8.07. The van der Waals surface area contributed by atoms with Crippen molar-refractivity contribution in [2.24, 2.45) is 0 Å². The lowest BCUT2D eigenvalue weighted by molar-refractivity contribution is -0.127. The molecule has 0 aliphatic carbocycles. The molecule has 3 aromatic rings. The molecule has 1 fully saturated rings. The summed E-state index contributed by atoms with van der Waals surface area (Å²) < 4.78 is 0. The predicted octanol–water partition coefficient (Wildman–Crippen LogP) is 4.38. The first-order valence-corrected chi connectivity index (χ1v) is 10.3. The Morgan fingerprint density at radius 3 is 2.72 bits per heavy atom. The molecule has 0 N–H and O–H groups in total. The van der Waals surface area contributed by atoms with Gasteiger partial charge < -0.3 is 4.90 Å². The van der Waals surface area contributed by atoms with Gasteiger partial charge in [-0.25, -0.2) is 9.97 Å². The maximum absolute atomic E-state index is 12.3. The van der Waals surface area contributed by atoms with Gasteiger partial charge in [-0.3, -0.25) is 4.79 Å². The molecular weight excluding hydrogens is 350 g/mol. The van der Waals surface area contributed by atoms with Gasteiger partial charge in [0, 0.05) is 24.0 Å². The Hall–Kier alpha value is -1.92. The fourth-order valence-electron chi connectivity index (χ4n) is 3.09. The Labute approximate surface area is 155 Å². The van der Waals surface area contributed by atoms with Gasteiger partial charge in [0.2, 0.25) is 5.91 Å². The Morgan fingerprint density at radius 1 is 1.20 bits per heavy atom. The minimum absolute atomic E-state index is 0.210. The van der Waals surface area contributed by atoms with Gasteiger partial charge in [0.15, 0.2) is 0 Å². The fraction of sp³-hybridized carbons (Fsp3) is 0.316. The van der Waals surface area contributed by atoms with E-state index in [1.165, 1.54) is 22.9 Å². The number of hydrogen-bond acceptors (Lipinski definition) is 5. The van der Waals surface area contributed by atoms with Crippen LogP contribution in [0, 0.1) is 6.92 Å². The van der Waals surface area contributed by atoms with Gasteiger partial charge in [0.05, 0.1) is 11.1 Å². The second-order valence-electron chi connectivity index (χ2n) is 6.25. The van der Waals surface area contributed by atoms with Crippen LogP contribution in [0.3, 0.4) is 0 Å². The molecule has 4 rings (SSSR count). The summed E-state index contributed by atoms with van der Waals surface area (Å²) in [7, 11) is 0. The molecule has 0 spiro atoms. The van der Waals surface area contributed by atoms with E-state index in [1.807, 2.05) is 4.90 Å². The van der Waals surface area contributed by atoms with E-state index in [-0.39, 0.29) is 5.91 Å². The molecule has 1 aliphatic rings. The molecule has 0 saturated carbocycles. The molecule has 25 heavy (non-hydrogen) atoms. The van der Waals surface area contributed by atoms with Crippen LogP contribution in [0.2, 0.25) is 0 Å². The number of fused-ring (bicyclic) bond motifs is 1. The van der Waals surface area contributed by atoms with Crippen LogP contribution in [0.15, 0.2) is 41.0 Å². The van der Waals surface area contributed by atoms with E-state index in [9.17, 15) is 4.79 Å². The number of hydrogen-bond donors (Lipinski definition) is 0. The summed E-state index contributed by atoms with van der Waals surface area (Å²) in [6.45, 7) is 3.88. The van der Waals surface area contributed by atoms with E-state index < -0.39 is 0 Å². The summed E-state index contributed by atoms with van der Waals surface area (Å²) in [5, 5.41) is 4.10. The lowest BCUT2D eigenvalue weighted by Gasteiger charge is -2.14. The number of carbonyl (C=O) groups is 1. The highest BCUT2D eigenvalue weighted by atomic mass is 32.2. The third kappa shape index (κ3) is 3.41. The summed E-state index contributed by atoms with van der Waals surface area (Å²) in [5.74, 6) is 0.649. The number of aromatic nitrogens is 2. The monoisotopic (exact) mass is 369 g/mol. The number of nitrogens with zero attached hydrogens (tertiary/aromatic N) is 3. The average Bonchev–Trinajstić information content (AvgIpc) is 3.30. The van der Waals surface area contributed by atoms with Crippen molar-refractivity contribution < 1.29 is 4.79 Å². The van der Waals surface area contributed by atoms with Crippen LogP contribution < -0.4 is 0 Å². The Kier molecular flexibility index (Phi) is 4.72. The second kappa shape index (κ2) is 7.14. The molecule has 0 atom stereocenters. The van der Waals surface area contributed by atoms with Gasteiger partial charge in [0.1, 0.15) is 16.2 Å². The number of aryl methyl sites for hydroxylation is 1. The van der Waals surface area contributed by atoms with Gasteiger partial charge in [0.25, 0.3) is 0 Å². The highest BCUT2D eigenvalue weighted by Crippen LogP contribution is 2.38. The Morgan fingerprint density at radius 2 is 1.96 bits per heavy atom. The van der Waals surface area contributed by atoms with E-state index >= 15 is 0 Å². The molecule has 3 heterocycles. The van der Waals surface area contributed by atoms with Crippen molar-refractivity contribution >= 4 is 39.2 Å². The zero-order chi connectivity index (χ0) is 17.2. The van der Waals surface area contributed by atoms with E-state index in [0.29, 0.717) is 5.75 Å². The molecule has 1 saturated heterocycles. The highest BCUT2D eigenvalue weighted by Gasteiger charge is 2.19. The molecule has 2 aromatic heterocycles. The number of carbonyl (C=O) groups excluding carboxylic acids is 1. The van der Waals surface area contributed by atoms with Crippen LogP contribution in [0.4, 0.5) is 0 Å². The van der Waals surface area contributed by atoms with Crippen molar-refractivity contribution in [2.75, 3.05) is 18.8 Å². The molecule has 1 aliphatic heterocycles. The number of likely N-dealkylation sites (tertiary alicyclic amines) is 1. The van der Waals surface area contributed by atoms with Crippen molar-refractivity contribution in [1.82, 2.24) is 14.9 Å². The first kappa shape index (κ1) is 16.5. The zero-order valence-electron chi connectivity index (χ0n) is 14.1. The molecule has 1 aromatic carbocycles. The summed E-state index contributed by atoms with van der Waals surface area (Å²) in [4.78, 5) is 24.2. The topological polar surface area (TPSA) is 46.1 Å². The maximum atomic E-state index is 12.3. The number of thiophene rings is 1. The maximum Gasteiger partial charge on any atom is 0.232 e. The largest absolute Gasteiger partial charge is 0.342 e. The third-order valence-corrected chi connectivity index (χ3v) is 6.35. The number of thioether (sulfide) groups is 1. The summed E-state index contributed by atoms with van der Waals surface area (Å²) in [6, 6.07) is 8.50. The number of amides is 1. The standard InChI is InChI=1S/C19H19N3OS2/c1-13-4-6-14(7-5-13)15-10-24-18-17(15)19(21-12-20-18)25-11-16(23)22-8-2-3-9-22/h4-7,10,12H,2-3,8-9,11H2,1H3. The van der Waals surface area contributed by atoms with Gasteiger partial charge in [-0.1, -0.05) is 41.6 Å². The fourth-order valence-corrected chi connectivity index (χ4v) is 4.99. The number of benzene rings is 1. The summed E-state index contributed by atoms with van der Waals surface area (Å²) >= 11 is 3.15. The lowest BCUT2D eigenvalue weighted by atomic mass is 10.1. The van der Waals surface area contributed by atoms with Gasteiger partial charge in [-0.05, 0) is 25.3 Å². The van der Waals surface area contributed by atoms with Crippen molar-refractivity contribution in [2.45, 2.75) is 24.8 Å². The molecule has 1 amide bonds. The molecule has 4 nitrogen and oxygen atoms in total. The zero-order valence-corrected chi connectivity index (χ0v) is 15.7. The van der Waals surface area contributed by atoms with Crippen molar-refractivity contribution in [3.8, 4) is 11.1 Å². The predicted molar refractivity (Wildman–Crippen MR) is 104 cm³/mol. The molecule has 128 valence electrons. The van der Waals surface area contributed by atoms with Crippen LogP contribution in [0.25, 0.3) is 21.3 Å². The van der Waals surface area contributed by atoms with E-state index in [0.717, 1.165) is 46.7 Å². The molecule has 0 unspecified atom stereocenters. The average molecular weight is 370 g/mol. The first-order chi connectivity index (χ1) is 12.2. The molecular formula is C19H19N3OS2.